The summed E-state index contributed by atoms with van der Waals surface area (Å²) in [5.41, 5.74) is 8.27. The maximum Gasteiger partial charge on any atom is 0.150 e. The van der Waals surface area contributed by atoms with Crippen LogP contribution in [0.5, 0.6) is 0 Å². The van der Waals surface area contributed by atoms with Crippen molar-refractivity contribution in [2.24, 2.45) is 5.92 Å². The molecular weight excluding hydrogens is 516 g/mol. The summed E-state index contributed by atoms with van der Waals surface area (Å²) in [5.74, 6) is 0.725. The van der Waals surface area contributed by atoms with Crippen LogP contribution < -0.4 is 4.90 Å². The second-order valence-corrected chi connectivity index (χ2v) is 11.9. The minimum Gasteiger partial charge on any atom is -0.368 e. The van der Waals surface area contributed by atoms with Crippen LogP contribution in [0.2, 0.25) is 0 Å². The fourth-order valence-electron chi connectivity index (χ4n) is 6.59. The zero-order valence-electron chi connectivity index (χ0n) is 25.6. The maximum absolute atomic E-state index is 11.9. The van der Waals surface area contributed by atoms with Crippen molar-refractivity contribution in [1.29, 1.82) is 0 Å². The Kier molecular flexibility index (Phi) is 9.78. The van der Waals surface area contributed by atoms with Crippen LogP contribution in [0, 0.1) is 5.92 Å². The minimum atomic E-state index is 0.279. The summed E-state index contributed by atoms with van der Waals surface area (Å²) in [6.45, 7) is 16.1. The number of rotatable bonds is 9. The zero-order valence-corrected chi connectivity index (χ0v) is 25.6. The van der Waals surface area contributed by atoms with Crippen LogP contribution in [-0.2, 0) is 13.0 Å². The fourth-order valence-corrected chi connectivity index (χ4v) is 6.59. The molecule has 2 atom stereocenters. The average molecular weight is 563 g/mol. The number of piperazine rings is 1. The van der Waals surface area contributed by atoms with Crippen LogP contribution in [0.3, 0.4) is 0 Å². The smallest absolute Gasteiger partial charge is 0.150 e. The molecule has 0 amide bonds. The van der Waals surface area contributed by atoms with Gasteiger partial charge in [-0.2, -0.15) is 0 Å². The molecule has 2 aromatic heterocycles. The van der Waals surface area contributed by atoms with E-state index in [-0.39, 0.29) is 5.92 Å². The Balaban J connectivity index is 1.52. The van der Waals surface area contributed by atoms with Crippen molar-refractivity contribution in [3.05, 3.63) is 108 Å². The first kappa shape index (κ1) is 29.6. The first-order valence-corrected chi connectivity index (χ1v) is 15.7. The molecule has 0 saturated carbocycles. The van der Waals surface area contributed by atoms with Crippen molar-refractivity contribution in [3.63, 3.8) is 0 Å². The van der Waals surface area contributed by atoms with Crippen molar-refractivity contribution in [3.8, 4) is 0 Å². The number of nitrogens with zero attached hydrogens (tertiary/aromatic N) is 4. The van der Waals surface area contributed by atoms with E-state index in [1.54, 1.807) is 0 Å². The van der Waals surface area contributed by atoms with E-state index < -0.39 is 0 Å². The molecule has 4 heterocycles. The molecular formula is C37H46N4O. The van der Waals surface area contributed by atoms with Crippen molar-refractivity contribution in [2.45, 2.75) is 65.3 Å². The molecule has 2 aliphatic heterocycles. The molecule has 0 radical (unpaired) electrons. The predicted octanol–water partition coefficient (Wildman–Crippen LogP) is 8.10. The van der Waals surface area contributed by atoms with Gasteiger partial charge in [-0.25, -0.2) is 0 Å². The number of unbranched alkanes of at least 4 members (excludes halogenated alkanes) is 2. The van der Waals surface area contributed by atoms with E-state index in [4.69, 9.17) is 0 Å². The molecule has 2 unspecified atom stereocenters. The van der Waals surface area contributed by atoms with Gasteiger partial charge in [-0.1, -0.05) is 89.1 Å². The summed E-state index contributed by atoms with van der Waals surface area (Å²) < 4.78 is 2.49. The maximum atomic E-state index is 11.9. The van der Waals surface area contributed by atoms with E-state index in [1.165, 1.54) is 53.6 Å². The van der Waals surface area contributed by atoms with Crippen molar-refractivity contribution >= 4 is 22.9 Å². The lowest BCUT2D eigenvalue weighted by Gasteiger charge is -2.39. The lowest BCUT2D eigenvalue weighted by atomic mass is 9.91. The first-order valence-electron chi connectivity index (χ1n) is 15.7. The summed E-state index contributed by atoms with van der Waals surface area (Å²) in [4.78, 5) is 20.9. The number of fused-ring (bicyclic) bond motifs is 3. The number of aromatic nitrogens is 2. The van der Waals surface area contributed by atoms with Gasteiger partial charge in [0.1, 0.15) is 6.29 Å². The van der Waals surface area contributed by atoms with Gasteiger partial charge in [0, 0.05) is 85.1 Å². The molecule has 5 rings (SSSR count). The van der Waals surface area contributed by atoms with Gasteiger partial charge in [0.05, 0.1) is 0 Å². The van der Waals surface area contributed by atoms with Gasteiger partial charge >= 0.3 is 0 Å². The Morgan fingerprint density at radius 1 is 1.10 bits per heavy atom. The van der Waals surface area contributed by atoms with Crippen molar-refractivity contribution < 1.29 is 4.79 Å². The Bertz CT molecular complexity index is 1470. The molecule has 42 heavy (non-hydrogen) atoms. The molecule has 3 aromatic rings. The van der Waals surface area contributed by atoms with Gasteiger partial charge in [0.15, 0.2) is 0 Å². The summed E-state index contributed by atoms with van der Waals surface area (Å²) >= 11 is 0. The quantitative estimate of drug-likeness (QED) is 0.195. The molecule has 2 aliphatic rings. The lowest BCUT2D eigenvalue weighted by Crippen LogP contribution is -2.46. The number of carbonyl (C=O) groups excluding carboxylic acids is 1. The van der Waals surface area contributed by atoms with Crippen LogP contribution in [0.25, 0.3) is 10.9 Å². The highest BCUT2D eigenvalue weighted by Crippen LogP contribution is 2.37. The molecule has 0 aliphatic carbocycles. The minimum absolute atomic E-state index is 0.279. The third-order valence-electron chi connectivity index (χ3n) is 8.93. The summed E-state index contributed by atoms with van der Waals surface area (Å²) in [7, 11) is 0. The highest BCUT2D eigenvalue weighted by atomic mass is 16.1. The number of hydrogen-bond acceptors (Lipinski definition) is 4. The average Bonchev–Trinajstić information content (AvgIpc) is 3.30. The number of anilines is 1. The SMILES string of the molecule is C=C(/C1=C/C(C)/C=C\C=C/Cc2c(C(C)CCCCC)c3ccc(C=O)cc3n2C1)N1CCN(c2ccncc2)CC1. The van der Waals surface area contributed by atoms with Gasteiger partial charge in [-0.3, -0.25) is 9.78 Å². The van der Waals surface area contributed by atoms with E-state index in [1.807, 2.05) is 18.5 Å². The van der Waals surface area contributed by atoms with E-state index in [0.717, 1.165) is 62.2 Å². The molecule has 1 aromatic carbocycles. The number of allylic oxidation sites excluding steroid dienone is 6. The number of aldehydes is 1. The van der Waals surface area contributed by atoms with E-state index in [9.17, 15) is 4.79 Å². The highest BCUT2D eigenvalue weighted by molar-refractivity contribution is 5.91. The van der Waals surface area contributed by atoms with Crippen molar-refractivity contribution in [1.82, 2.24) is 14.5 Å². The first-order chi connectivity index (χ1) is 20.5. The molecule has 220 valence electrons. The van der Waals surface area contributed by atoms with Gasteiger partial charge in [0.25, 0.3) is 0 Å². The second-order valence-electron chi connectivity index (χ2n) is 11.9. The van der Waals surface area contributed by atoms with Gasteiger partial charge in [-0.05, 0) is 47.6 Å². The largest absolute Gasteiger partial charge is 0.368 e. The zero-order chi connectivity index (χ0) is 29.5. The molecule has 0 spiro atoms. The Morgan fingerprint density at radius 2 is 1.88 bits per heavy atom. The predicted molar refractivity (Wildman–Crippen MR) is 176 cm³/mol. The third kappa shape index (κ3) is 6.61. The molecule has 0 N–H and O–H groups in total. The fraction of sp³-hybridized carbons (Fsp3) is 0.405. The van der Waals surface area contributed by atoms with Gasteiger partial charge in [0.2, 0.25) is 0 Å². The number of hydrogen-bond donors (Lipinski definition) is 0. The lowest BCUT2D eigenvalue weighted by molar-refractivity contribution is 0.112. The second kappa shape index (κ2) is 13.9. The monoisotopic (exact) mass is 562 g/mol. The summed E-state index contributed by atoms with van der Waals surface area (Å²) in [5, 5.41) is 1.28. The normalized spacial score (nSPS) is 21.1. The van der Waals surface area contributed by atoms with Crippen LogP contribution in [0.4, 0.5) is 5.69 Å². The molecule has 5 nitrogen and oxygen atoms in total. The molecule has 1 fully saturated rings. The van der Waals surface area contributed by atoms with Crippen LogP contribution in [0.1, 0.15) is 74.0 Å². The molecule has 1 saturated heterocycles. The van der Waals surface area contributed by atoms with E-state index in [2.05, 4.69) is 101 Å². The van der Waals surface area contributed by atoms with Gasteiger partial charge in [-0.15, -0.1) is 0 Å². The van der Waals surface area contributed by atoms with E-state index in [0.29, 0.717) is 5.92 Å². The van der Waals surface area contributed by atoms with E-state index >= 15 is 0 Å². The molecule has 5 heteroatoms. The summed E-state index contributed by atoms with van der Waals surface area (Å²) in [6, 6.07) is 10.4. The molecule has 0 bridgehead atoms. The highest BCUT2D eigenvalue weighted by Gasteiger charge is 2.25. The number of benzene rings is 1. The topological polar surface area (TPSA) is 41.4 Å². The number of pyridine rings is 1. The van der Waals surface area contributed by atoms with Crippen LogP contribution in [-0.4, -0.2) is 46.9 Å². The Labute approximate surface area is 251 Å². The third-order valence-corrected chi connectivity index (χ3v) is 8.93. The standard InChI is InChI=1S/C37H46N4O/c1-5-6-8-12-29(3)37-34-15-14-31(27-42)25-36(34)41-26-32(24-28(2)11-9-7-10-13-35(37)41)30(4)39-20-22-40(23-21-39)33-16-18-38-19-17-33/h7,9-11,14-19,24-25,27-29H,4-6,8,12-13,20-23,26H2,1-3H3/b10-7-,11-9-,32-24+. The summed E-state index contributed by atoms with van der Waals surface area (Å²) in [6.07, 6.45) is 21.8. The Morgan fingerprint density at radius 3 is 2.62 bits per heavy atom. The Hall–Kier alpha value is -3.86. The van der Waals surface area contributed by atoms with Crippen molar-refractivity contribution in [2.75, 3.05) is 31.1 Å². The van der Waals surface area contributed by atoms with Crippen LogP contribution in [0.15, 0.2) is 91.0 Å². The van der Waals surface area contributed by atoms with Crippen LogP contribution >= 0.6 is 0 Å². The number of carbonyl (C=O) groups is 1. The van der Waals surface area contributed by atoms with Gasteiger partial charge < -0.3 is 14.4 Å².